The summed E-state index contributed by atoms with van der Waals surface area (Å²) in [6, 6.07) is 7.58. The Balaban J connectivity index is 2.01. The van der Waals surface area contributed by atoms with E-state index >= 15 is 0 Å². The van der Waals surface area contributed by atoms with Crippen LogP contribution in [0.3, 0.4) is 0 Å². The molecule has 4 heteroatoms. The van der Waals surface area contributed by atoms with Crippen LogP contribution in [0, 0.1) is 11.3 Å². The van der Waals surface area contributed by atoms with Gasteiger partial charge in [0, 0.05) is 23.4 Å². The van der Waals surface area contributed by atoms with Crippen molar-refractivity contribution in [3.05, 3.63) is 29.8 Å². The second kappa shape index (κ2) is 6.22. The normalized spacial score (nSPS) is 19.1. The van der Waals surface area contributed by atoms with Crippen molar-refractivity contribution in [2.24, 2.45) is 11.3 Å². The molecule has 3 nitrogen and oxygen atoms in total. The molecule has 0 spiro atoms. The van der Waals surface area contributed by atoms with Crippen LogP contribution >= 0.6 is 11.8 Å². The quantitative estimate of drug-likeness (QED) is 0.631. The van der Waals surface area contributed by atoms with E-state index in [9.17, 15) is 9.59 Å². The molecule has 21 heavy (non-hydrogen) atoms. The molecule has 1 aliphatic rings. The Morgan fingerprint density at radius 3 is 2.38 bits per heavy atom. The second-order valence-corrected chi connectivity index (χ2v) is 7.57. The molecule has 0 aromatic heterocycles. The van der Waals surface area contributed by atoms with Gasteiger partial charge in [-0.3, -0.25) is 9.59 Å². The summed E-state index contributed by atoms with van der Waals surface area (Å²) in [6.45, 7) is 7.34. The number of carbonyl (C=O) groups excluding carboxylic acids is 2. The third kappa shape index (κ3) is 3.88. The molecular formula is C17H23NO2S. The zero-order valence-electron chi connectivity index (χ0n) is 13.2. The van der Waals surface area contributed by atoms with Crippen LogP contribution in [0.25, 0.3) is 0 Å². The standard InChI is InChI=1S/C17H23NO2S/c1-17(2,3)13-9-16(20)18(10-13)11-15(19)12-5-7-14(21-4)8-6-12/h5-8,13H,9-11H2,1-4H3. The molecule has 1 fully saturated rings. The van der Waals surface area contributed by atoms with Crippen LogP contribution < -0.4 is 0 Å². The van der Waals surface area contributed by atoms with Crippen LogP contribution in [0.1, 0.15) is 37.6 Å². The van der Waals surface area contributed by atoms with Gasteiger partial charge in [0.2, 0.25) is 5.91 Å². The maximum Gasteiger partial charge on any atom is 0.223 e. The van der Waals surface area contributed by atoms with Crippen molar-refractivity contribution in [2.45, 2.75) is 32.1 Å². The molecule has 0 radical (unpaired) electrons. The molecule has 1 aliphatic heterocycles. The molecule has 1 saturated heterocycles. The van der Waals surface area contributed by atoms with Gasteiger partial charge < -0.3 is 4.90 Å². The topological polar surface area (TPSA) is 37.4 Å². The van der Waals surface area contributed by atoms with Gasteiger partial charge in [0.05, 0.1) is 6.54 Å². The predicted octanol–water partition coefficient (Wildman–Crippen LogP) is 3.49. The average Bonchev–Trinajstić information content (AvgIpc) is 2.80. The first-order valence-corrected chi connectivity index (χ1v) is 8.49. The fraction of sp³-hybridized carbons (Fsp3) is 0.529. The highest BCUT2D eigenvalue weighted by molar-refractivity contribution is 7.98. The highest BCUT2D eigenvalue weighted by Gasteiger charge is 2.37. The smallest absolute Gasteiger partial charge is 0.223 e. The molecule has 2 rings (SSSR count). The first kappa shape index (κ1) is 16.1. The Kier molecular flexibility index (Phi) is 4.77. The monoisotopic (exact) mass is 305 g/mol. The molecular weight excluding hydrogens is 282 g/mol. The minimum Gasteiger partial charge on any atom is -0.335 e. The molecule has 0 aliphatic carbocycles. The van der Waals surface area contributed by atoms with Crippen molar-refractivity contribution < 1.29 is 9.59 Å². The van der Waals surface area contributed by atoms with E-state index in [1.54, 1.807) is 16.7 Å². The summed E-state index contributed by atoms with van der Waals surface area (Å²) in [5, 5.41) is 0. The van der Waals surface area contributed by atoms with Crippen LogP contribution in [0.5, 0.6) is 0 Å². The van der Waals surface area contributed by atoms with Gasteiger partial charge in [0.1, 0.15) is 0 Å². The number of rotatable bonds is 4. The number of amides is 1. The van der Waals surface area contributed by atoms with Gasteiger partial charge in [-0.1, -0.05) is 32.9 Å². The fourth-order valence-electron chi connectivity index (χ4n) is 2.55. The lowest BCUT2D eigenvalue weighted by atomic mass is 9.80. The first-order valence-electron chi connectivity index (χ1n) is 7.26. The van der Waals surface area contributed by atoms with E-state index in [-0.39, 0.29) is 23.7 Å². The van der Waals surface area contributed by atoms with Crippen LogP contribution in [0.15, 0.2) is 29.2 Å². The number of thioether (sulfide) groups is 1. The van der Waals surface area contributed by atoms with Crippen molar-refractivity contribution in [1.29, 1.82) is 0 Å². The summed E-state index contributed by atoms with van der Waals surface area (Å²) < 4.78 is 0. The molecule has 1 aromatic carbocycles. The van der Waals surface area contributed by atoms with Gasteiger partial charge in [0.15, 0.2) is 5.78 Å². The average molecular weight is 305 g/mol. The molecule has 1 unspecified atom stereocenters. The van der Waals surface area contributed by atoms with Crippen LogP contribution in [0.2, 0.25) is 0 Å². The van der Waals surface area contributed by atoms with E-state index in [1.807, 2.05) is 30.5 Å². The zero-order chi connectivity index (χ0) is 15.6. The summed E-state index contributed by atoms with van der Waals surface area (Å²) in [5.74, 6) is 0.450. The Morgan fingerprint density at radius 2 is 1.90 bits per heavy atom. The van der Waals surface area contributed by atoms with Gasteiger partial charge in [-0.25, -0.2) is 0 Å². The predicted molar refractivity (Wildman–Crippen MR) is 86.7 cm³/mol. The lowest BCUT2D eigenvalue weighted by Crippen LogP contribution is -2.32. The van der Waals surface area contributed by atoms with Crippen LogP contribution in [-0.4, -0.2) is 35.9 Å². The lowest BCUT2D eigenvalue weighted by Gasteiger charge is -2.26. The molecule has 1 amide bonds. The SMILES string of the molecule is CSc1ccc(C(=O)CN2CC(C(C)(C)C)CC2=O)cc1. The Morgan fingerprint density at radius 1 is 1.29 bits per heavy atom. The number of carbonyl (C=O) groups is 2. The van der Waals surface area contributed by atoms with Crippen molar-refractivity contribution in [3.63, 3.8) is 0 Å². The van der Waals surface area contributed by atoms with Crippen molar-refractivity contribution in [1.82, 2.24) is 4.90 Å². The third-order valence-electron chi connectivity index (χ3n) is 4.19. The minimum absolute atomic E-state index is 0.0190. The number of hydrogen-bond donors (Lipinski definition) is 0. The van der Waals surface area contributed by atoms with Crippen molar-refractivity contribution in [3.8, 4) is 0 Å². The van der Waals surface area contributed by atoms with Gasteiger partial charge in [0.25, 0.3) is 0 Å². The van der Waals surface area contributed by atoms with Crippen LogP contribution in [-0.2, 0) is 4.79 Å². The van der Waals surface area contributed by atoms with E-state index in [1.165, 1.54) is 0 Å². The highest BCUT2D eigenvalue weighted by atomic mass is 32.2. The lowest BCUT2D eigenvalue weighted by molar-refractivity contribution is -0.127. The summed E-state index contributed by atoms with van der Waals surface area (Å²) in [5.41, 5.74) is 0.785. The van der Waals surface area contributed by atoms with Gasteiger partial charge in [-0.15, -0.1) is 11.8 Å². The Bertz CT molecular complexity index is 531. The second-order valence-electron chi connectivity index (χ2n) is 6.69. The summed E-state index contributed by atoms with van der Waals surface area (Å²) in [4.78, 5) is 27.2. The molecule has 0 saturated carbocycles. The first-order chi connectivity index (χ1) is 9.81. The molecule has 0 bridgehead atoms. The molecule has 114 valence electrons. The van der Waals surface area contributed by atoms with Gasteiger partial charge in [-0.2, -0.15) is 0 Å². The molecule has 1 heterocycles. The minimum atomic E-state index is 0.0190. The van der Waals surface area contributed by atoms with E-state index in [0.717, 1.165) is 4.90 Å². The van der Waals surface area contributed by atoms with Gasteiger partial charge in [-0.05, 0) is 29.7 Å². The highest BCUT2D eigenvalue weighted by Crippen LogP contribution is 2.34. The molecule has 0 N–H and O–H groups in total. The van der Waals surface area contributed by atoms with E-state index in [4.69, 9.17) is 0 Å². The van der Waals surface area contributed by atoms with E-state index in [2.05, 4.69) is 20.8 Å². The number of ketones is 1. The number of Topliss-reactive ketones (excluding diaryl/α,β-unsaturated/α-hetero) is 1. The number of hydrogen-bond acceptors (Lipinski definition) is 3. The molecule has 1 atom stereocenters. The summed E-state index contributed by atoms with van der Waals surface area (Å²) >= 11 is 1.65. The van der Waals surface area contributed by atoms with E-state index < -0.39 is 0 Å². The largest absolute Gasteiger partial charge is 0.335 e. The zero-order valence-corrected chi connectivity index (χ0v) is 14.0. The third-order valence-corrected chi connectivity index (χ3v) is 4.93. The maximum atomic E-state index is 12.3. The summed E-state index contributed by atoms with van der Waals surface area (Å²) in [7, 11) is 0. The maximum absolute atomic E-state index is 12.3. The van der Waals surface area contributed by atoms with Crippen molar-refractivity contribution in [2.75, 3.05) is 19.3 Å². The Hall–Kier alpha value is -1.29. The number of likely N-dealkylation sites (tertiary alicyclic amines) is 1. The number of nitrogens with zero attached hydrogens (tertiary/aromatic N) is 1. The Labute approximate surface area is 131 Å². The van der Waals surface area contributed by atoms with Crippen molar-refractivity contribution >= 4 is 23.5 Å². The number of benzene rings is 1. The van der Waals surface area contributed by atoms with Gasteiger partial charge >= 0.3 is 0 Å². The summed E-state index contributed by atoms with van der Waals surface area (Å²) in [6.07, 6.45) is 2.56. The van der Waals surface area contributed by atoms with E-state index in [0.29, 0.717) is 24.4 Å². The van der Waals surface area contributed by atoms with Crippen LogP contribution in [0.4, 0.5) is 0 Å². The molecule has 1 aromatic rings. The fourth-order valence-corrected chi connectivity index (χ4v) is 2.95.